The quantitative estimate of drug-likeness (QED) is 0.167. The summed E-state index contributed by atoms with van der Waals surface area (Å²) < 4.78 is 23.3. The maximum Gasteiger partial charge on any atom is 0.121 e. The average Bonchev–Trinajstić information content (AvgIpc) is 3.49. The third-order valence-electron chi connectivity index (χ3n) is 7.71. The SMILES string of the molecule is [2H]C([2H])(c1ccc(-c2ccc(-c3[c-]ccc4c3oc3cc5ccccc5cc34)nc2)cc1)C(C)(C)C.[Ir].[c-]1ccccc1-c1ccccn1. The van der Waals surface area contributed by atoms with Gasteiger partial charge in [-0.15, -0.1) is 54.1 Å². The first kappa shape index (κ1) is 29.5. The van der Waals surface area contributed by atoms with Gasteiger partial charge in [0.1, 0.15) is 5.58 Å². The van der Waals surface area contributed by atoms with Crippen LogP contribution in [0.25, 0.3) is 66.4 Å². The second-order valence-corrected chi connectivity index (χ2v) is 12.3. The summed E-state index contributed by atoms with van der Waals surface area (Å²) in [7, 11) is 0. The number of nitrogens with zero attached hydrogens (tertiary/aromatic N) is 2. The molecular formula is C43H34IrN2O-2. The van der Waals surface area contributed by atoms with Crippen molar-refractivity contribution < 1.29 is 27.3 Å². The normalized spacial score (nSPS) is 12.1. The predicted octanol–water partition coefficient (Wildman–Crippen LogP) is 11.4. The van der Waals surface area contributed by atoms with E-state index in [1.807, 2.05) is 124 Å². The number of aromatic nitrogens is 2. The van der Waals surface area contributed by atoms with E-state index in [1.54, 1.807) is 6.20 Å². The Morgan fingerprint density at radius 3 is 2.11 bits per heavy atom. The fourth-order valence-corrected chi connectivity index (χ4v) is 5.58. The van der Waals surface area contributed by atoms with Gasteiger partial charge in [-0.2, -0.15) is 0 Å². The molecule has 0 amide bonds. The van der Waals surface area contributed by atoms with Gasteiger partial charge in [-0.05, 0) is 68.8 Å². The van der Waals surface area contributed by atoms with Crippen LogP contribution in [-0.2, 0) is 26.5 Å². The minimum atomic E-state index is -1.42. The summed E-state index contributed by atoms with van der Waals surface area (Å²) in [6.07, 6.45) is 2.23. The molecule has 0 atom stereocenters. The molecule has 0 fully saturated rings. The molecule has 0 aliphatic carbocycles. The number of rotatable bonds is 4. The largest absolute Gasteiger partial charge is 0.501 e. The van der Waals surface area contributed by atoms with Gasteiger partial charge in [0.05, 0.1) is 5.58 Å². The molecule has 0 aliphatic rings. The Morgan fingerprint density at radius 2 is 1.43 bits per heavy atom. The molecule has 8 aromatic rings. The second-order valence-electron chi connectivity index (χ2n) is 12.3. The molecule has 5 aromatic carbocycles. The number of hydrogen-bond donors (Lipinski definition) is 0. The Labute approximate surface area is 292 Å². The third-order valence-corrected chi connectivity index (χ3v) is 7.71. The topological polar surface area (TPSA) is 38.9 Å². The zero-order chi connectivity index (χ0) is 33.3. The van der Waals surface area contributed by atoms with Crippen molar-refractivity contribution in [2.75, 3.05) is 0 Å². The fraction of sp³-hybridized carbons (Fsp3) is 0.116. The molecular weight excluding hydrogens is 753 g/mol. The van der Waals surface area contributed by atoms with E-state index >= 15 is 0 Å². The van der Waals surface area contributed by atoms with Gasteiger partial charge in [-0.25, -0.2) is 0 Å². The Hall–Kier alpha value is -4.89. The van der Waals surface area contributed by atoms with E-state index in [-0.39, 0.29) is 20.1 Å². The standard InChI is InChI=1S/C32H26NO.C11H8N.Ir/c1-32(2,3)19-21-11-13-22(14-12-21)25-15-16-29(33-20-25)27-10-6-9-26-28-17-23-7-4-5-8-24(23)18-30(28)34-31(26)27;1-2-6-10(7-3-1)11-8-4-5-9-12-11;/h4-9,11-18,20H,19H2,1-3H3;1-6,8-9H;/q2*-1;/i19D2;;. The zero-order valence-electron chi connectivity index (χ0n) is 28.4. The monoisotopic (exact) mass is 789 g/mol. The van der Waals surface area contributed by atoms with Crippen LogP contribution in [-0.4, -0.2) is 9.97 Å². The Bertz CT molecular complexity index is 2290. The molecule has 3 nitrogen and oxygen atoms in total. The van der Waals surface area contributed by atoms with Gasteiger partial charge in [-0.3, -0.25) is 0 Å². The van der Waals surface area contributed by atoms with Crippen LogP contribution in [0.5, 0.6) is 0 Å². The number of hydrogen-bond acceptors (Lipinski definition) is 3. The molecule has 47 heavy (non-hydrogen) atoms. The maximum atomic E-state index is 8.51. The van der Waals surface area contributed by atoms with E-state index in [1.165, 1.54) is 5.39 Å². The van der Waals surface area contributed by atoms with Crippen LogP contribution < -0.4 is 0 Å². The molecule has 0 saturated heterocycles. The van der Waals surface area contributed by atoms with Crippen molar-refractivity contribution in [3.63, 3.8) is 0 Å². The first-order valence-corrected chi connectivity index (χ1v) is 15.4. The van der Waals surface area contributed by atoms with E-state index in [9.17, 15) is 0 Å². The van der Waals surface area contributed by atoms with Gasteiger partial charge in [0.15, 0.2) is 0 Å². The molecule has 0 aliphatic heterocycles. The zero-order valence-corrected chi connectivity index (χ0v) is 28.8. The molecule has 1 radical (unpaired) electrons. The third kappa shape index (κ3) is 7.25. The number of benzene rings is 5. The minimum absolute atomic E-state index is 0. The average molecular weight is 789 g/mol. The van der Waals surface area contributed by atoms with E-state index in [2.05, 4.69) is 47.4 Å². The van der Waals surface area contributed by atoms with Crippen molar-refractivity contribution in [2.24, 2.45) is 5.41 Å². The molecule has 0 bridgehead atoms. The molecule has 0 unspecified atom stereocenters. The van der Waals surface area contributed by atoms with Gasteiger partial charge in [0.25, 0.3) is 0 Å². The second kappa shape index (κ2) is 13.8. The van der Waals surface area contributed by atoms with Gasteiger partial charge >= 0.3 is 0 Å². The van der Waals surface area contributed by atoms with E-state index < -0.39 is 11.8 Å². The maximum absolute atomic E-state index is 8.51. The fourth-order valence-electron chi connectivity index (χ4n) is 5.58. The van der Waals surface area contributed by atoms with E-state index in [0.717, 1.165) is 61.0 Å². The van der Waals surface area contributed by atoms with Crippen LogP contribution in [0.3, 0.4) is 0 Å². The van der Waals surface area contributed by atoms with Gasteiger partial charge in [-0.1, -0.05) is 105 Å². The summed E-state index contributed by atoms with van der Waals surface area (Å²) in [5.41, 5.74) is 7.47. The molecule has 8 rings (SSSR count). The summed E-state index contributed by atoms with van der Waals surface area (Å²) in [6.45, 7) is 5.77. The van der Waals surface area contributed by atoms with Crippen molar-refractivity contribution in [1.29, 1.82) is 0 Å². The Kier molecular flexibility index (Phi) is 8.69. The van der Waals surface area contributed by atoms with Gasteiger partial charge < -0.3 is 14.4 Å². The molecule has 3 aromatic heterocycles. The molecule has 3 heterocycles. The molecule has 0 spiro atoms. The summed E-state index contributed by atoms with van der Waals surface area (Å²) in [6, 6.07) is 48.4. The van der Waals surface area contributed by atoms with E-state index in [0.29, 0.717) is 5.56 Å². The predicted molar refractivity (Wildman–Crippen MR) is 190 cm³/mol. The molecule has 233 valence electrons. The first-order chi connectivity index (χ1) is 23.2. The smallest absolute Gasteiger partial charge is 0.121 e. The summed E-state index contributed by atoms with van der Waals surface area (Å²) in [5.74, 6) is 0. The van der Waals surface area contributed by atoms with Crippen molar-refractivity contribution in [2.45, 2.75) is 27.1 Å². The number of furan rings is 1. The van der Waals surface area contributed by atoms with Crippen molar-refractivity contribution in [3.05, 3.63) is 157 Å². The van der Waals surface area contributed by atoms with Gasteiger partial charge in [0, 0.05) is 40.6 Å². The van der Waals surface area contributed by atoms with Crippen LogP contribution in [0.1, 0.15) is 29.1 Å². The van der Waals surface area contributed by atoms with Crippen molar-refractivity contribution in [1.82, 2.24) is 9.97 Å². The summed E-state index contributed by atoms with van der Waals surface area (Å²) in [5, 5.41) is 4.48. The summed E-state index contributed by atoms with van der Waals surface area (Å²) >= 11 is 0. The molecule has 0 saturated carbocycles. The van der Waals surface area contributed by atoms with Crippen LogP contribution in [0, 0.1) is 17.5 Å². The molecule has 0 N–H and O–H groups in total. The van der Waals surface area contributed by atoms with Crippen molar-refractivity contribution >= 4 is 32.7 Å². The van der Waals surface area contributed by atoms with Crippen LogP contribution in [0.15, 0.2) is 144 Å². The van der Waals surface area contributed by atoms with Gasteiger partial charge in [0.2, 0.25) is 0 Å². The van der Waals surface area contributed by atoms with E-state index in [4.69, 9.17) is 12.1 Å². The number of pyridine rings is 2. The number of fused-ring (bicyclic) bond motifs is 4. The van der Waals surface area contributed by atoms with Crippen LogP contribution >= 0.6 is 0 Å². The first-order valence-electron chi connectivity index (χ1n) is 16.4. The Balaban J connectivity index is 0.000000270. The van der Waals surface area contributed by atoms with Crippen LogP contribution in [0.4, 0.5) is 0 Å². The van der Waals surface area contributed by atoms with Crippen LogP contribution in [0.2, 0.25) is 0 Å². The molecule has 4 heteroatoms. The summed E-state index contributed by atoms with van der Waals surface area (Å²) in [4.78, 5) is 8.96. The Morgan fingerprint density at radius 1 is 0.681 bits per heavy atom. The minimum Gasteiger partial charge on any atom is -0.501 e. The van der Waals surface area contributed by atoms with Crippen molar-refractivity contribution in [3.8, 4) is 33.6 Å².